The van der Waals surface area contributed by atoms with Crippen LogP contribution in [0.15, 0.2) is 30.4 Å². The van der Waals surface area contributed by atoms with Crippen LogP contribution in [-0.4, -0.2) is 18.2 Å². The number of likely N-dealkylation sites (N-methyl/N-ethyl adjacent to an activating group) is 1. The summed E-state index contributed by atoms with van der Waals surface area (Å²) in [6.07, 6.45) is -0.681. The van der Waals surface area contributed by atoms with Crippen LogP contribution in [-0.2, 0) is 0 Å². The molecule has 94 valence electrons. The van der Waals surface area contributed by atoms with Crippen LogP contribution in [0.5, 0.6) is 0 Å². The molecule has 0 saturated heterocycles. The van der Waals surface area contributed by atoms with Crippen molar-refractivity contribution in [2.24, 2.45) is 0 Å². The molecule has 1 N–H and O–H groups in total. The Hall–Kier alpha value is -1.35. The van der Waals surface area contributed by atoms with E-state index in [0.717, 1.165) is 17.8 Å². The average Bonchev–Trinajstić information content (AvgIpc) is 2.25. The molecule has 0 aliphatic carbocycles. The lowest BCUT2D eigenvalue weighted by molar-refractivity contribution is 0.199. The lowest BCUT2D eigenvalue weighted by Gasteiger charge is -2.26. The topological polar surface area (TPSA) is 23.5 Å². The van der Waals surface area contributed by atoms with Crippen LogP contribution in [0.2, 0.25) is 0 Å². The van der Waals surface area contributed by atoms with Crippen molar-refractivity contribution in [2.75, 3.05) is 18.0 Å². The molecule has 0 spiro atoms. The predicted molar refractivity (Wildman–Crippen MR) is 69.7 cm³/mol. The molecule has 0 radical (unpaired) electrons. The molecule has 0 aromatic heterocycles. The van der Waals surface area contributed by atoms with Crippen LogP contribution in [0.1, 0.15) is 32.4 Å². The standard InChI is InChI=1S/C14H20FNO/c1-5-16(9-10(2)3)14-7-6-12(15)8-13(14)11(4)17/h6-8,11,17H,2,5,9H2,1,3-4H3/t11-/m1/s1. The number of anilines is 1. The van der Waals surface area contributed by atoms with Gasteiger partial charge in [0.1, 0.15) is 5.82 Å². The minimum atomic E-state index is -0.681. The van der Waals surface area contributed by atoms with E-state index in [-0.39, 0.29) is 5.82 Å². The van der Waals surface area contributed by atoms with Crippen LogP contribution in [0, 0.1) is 5.82 Å². The van der Waals surface area contributed by atoms with Crippen molar-refractivity contribution in [3.63, 3.8) is 0 Å². The van der Waals surface area contributed by atoms with Gasteiger partial charge in [0.2, 0.25) is 0 Å². The highest BCUT2D eigenvalue weighted by Gasteiger charge is 2.14. The maximum Gasteiger partial charge on any atom is 0.123 e. The Balaban J connectivity index is 3.13. The predicted octanol–water partition coefficient (Wildman–Crippen LogP) is 3.28. The van der Waals surface area contributed by atoms with Crippen LogP contribution >= 0.6 is 0 Å². The van der Waals surface area contributed by atoms with Gasteiger partial charge in [0.15, 0.2) is 0 Å². The number of nitrogens with zero attached hydrogens (tertiary/aromatic N) is 1. The molecule has 1 aromatic rings. The number of hydrogen-bond acceptors (Lipinski definition) is 2. The maximum atomic E-state index is 13.2. The van der Waals surface area contributed by atoms with Crippen molar-refractivity contribution in [1.82, 2.24) is 0 Å². The summed E-state index contributed by atoms with van der Waals surface area (Å²) in [6, 6.07) is 4.52. The van der Waals surface area contributed by atoms with E-state index in [0.29, 0.717) is 12.1 Å². The summed E-state index contributed by atoms with van der Waals surface area (Å²) in [6.45, 7) is 11.0. The number of halogens is 1. The normalized spacial score (nSPS) is 12.3. The average molecular weight is 237 g/mol. The Labute approximate surface area is 102 Å². The lowest BCUT2D eigenvalue weighted by atomic mass is 10.1. The zero-order valence-electron chi connectivity index (χ0n) is 10.7. The largest absolute Gasteiger partial charge is 0.389 e. The highest BCUT2D eigenvalue weighted by molar-refractivity contribution is 5.55. The first kappa shape index (κ1) is 13.7. The summed E-state index contributed by atoms with van der Waals surface area (Å²) >= 11 is 0. The third-order valence-corrected chi connectivity index (χ3v) is 2.62. The first-order valence-corrected chi connectivity index (χ1v) is 5.82. The second kappa shape index (κ2) is 5.82. The van der Waals surface area contributed by atoms with Gasteiger partial charge in [-0.05, 0) is 39.0 Å². The third-order valence-electron chi connectivity index (χ3n) is 2.62. The van der Waals surface area contributed by atoms with Crippen LogP contribution in [0.25, 0.3) is 0 Å². The Morgan fingerprint density at radius 2 is 2.18 bits per heavy atom. The number of aliphatic hydroxyl groups excluding tert-OH is 1. The third kappa shape index (κ3) is 3.56. The fraction of sp³-hybridized carbons (Fsp3) is 0.429. The summed E-state index contributed by atoms with van der Waals surface area (Å²) in [4.78, 5) is 2.07. The van der Waals surface area contributed by atoms with E-state index in [1.54, 1.807) is 13.0 Å². The molecule has 0 amide bonds. The van der Waals surface area contributed by atoms with Crippen LogP contribution < -0.4 is 4.90 Å². The van der Waals surface area contributed by atoms with Crippen molar-refractivity contribution in [3.05, 3.63) is 41.7 Å². The molecule has 17 heavy (non-hydrogen) atoms. The number of hydrogen-bond donors (Lipinski definition) is 1. The van der Waals surface area contributed by atoms with Gasteiger partial charge in [-0.25, -0.2) is 4.39 Å². The highest BCUT2D eigenvalue weighted by atomic mass is 19.1. The van der Waals surface area contributed by atoms with Gasteiger partial charge >= 0.3 is 0 Å². The molecule has 0 bridgehead atoms. The monoisotopic (exact) mass is 237 g/mol. The van der Waals surface area contributed by atoms with Crippen LogP contribution in [0.4, 0.5) is 10.1 Å². The van der Waals surface area contributed by atoms with Crippen molar-refractivity contribution in [1.29, 1.82) is 0 Å². The Morgan fingerprint density at radius 1 is 1.53 bits per heavy atom. The van der Waals surface area contributed by atoms with E-state index in [1.807, 2.05) is 13.8 Å². The van der Waals surface area contributed by atoms with Crippen LogP contribution in [0.3, 0.4) is 0 Å². The zero-order valence-corrected chi connectivity index (χ0v) is 10.7. The molecule has 0 heterocycles. The number of benzene rings is 1. The molecule has 1 rings (SSSR count). The first-order valence-electron chi connectivity index (χ1n) is 5.82. The smallest absolute Gasteiger partial charge is 0.123 e. The van der Waals surface area contributed by atoms with E-state index in [4.69, 9.17) is 0 Å². The van der Waals surface area contributed by atoms with Gasteiger partial charge in [-0.2, -0.15) is 0 Å². The first-order chi connectivity index (χ1) is 7.95. The zero-order chi connectivity index (χ0) is 13.0. The molecule has 0 aliphatic rings. The fourth-order valence-electron chi connectivity index (χ4n) is 1.84. The maximum absolute atomic E-state index is 13.2. The van der Waals surface area contributed by atoms with E-state index in [9.17, 15) is 9.50 Å². The van der Waals surface area contributed by atoms with Gasteiger partial charge in [-0.15, -0.1) is 0 Å². The van der Waals surface area contributed by atoms with E-state index < -0.39 is 6.10 Å². The van der Waals surface area contributed by atoms with Gasteiger partial charge in [0, 0.05) is 24.3 Å². The molecule has 1 aromatic carbocycles. The van der Waals surface area contributed by atoms with Crippen molar-refractivity contribution in [2.45, 2.75) is 26.9 Å². The number of aliphatic hydroxyl groups is 1. The Morgan fingerprint density at radius 3 is 2.65 bits per heavy atom. The van der Waals surface area contributed by atoms with E-state index in [1.165, 1.54) is 12.1 Å². The van der Waals surface area contributed by atoms with Gasteiger partial charge < -0.3 is 10.0 Å². The molecule has 0 aliphatic heterocycles. The summed E-state index contributed by atoms with van der Waals surface area (Å²) < 4.78 is 13.2. The molecule has 2 nitrogen and oxygen atoms in total. The van der Waals surface area contributed by atoms with Crippen molar-refractivity contribution >= 4 is 5.69 Å². The fourth-order valence-corrected chi connectivity index (χ4v) is 1.84. The van der Waals surface area contributed by atoms with Gasteiger partial charge in [0.25, 0.3) is 0 Å². The second-order valence-electron chi connectivity index (χ2n) is 4.35. The van der Waals surface area contributed by atoms with Crippen molar-refractivity contribution < 1.29 is 9.50 Å². The van der Waals surface area contributed by atoms with Gasteiger partial charge in [-0.3, -0.25) is 0 Å². The second-order valence-corrected chi connectivity index (χ2v) is 4.35. The Kier molecular flexibility index (Phi) is 4.70. The molecular formula is C14H20FNO. The molecular weight excluding hydrogens is 217 g/mol. The highest BCUT2D eigenvalue weighted by Crippen LogP contribution is 2.27. The molecule has 3 heteroatoms. The summed E-state index contributed by atoms with van der Waals surface area (Å²) in [5.41, 5.74) is 2.52. The minimum absolute atomic E-state index is 0.323. The van der Waals surface area contributed by atoms with Gasteiger partial charge in [-0.1, -0.05) is 12.2 Å². The summed E-state index contributed by atoms with van der Waals surface area (Å²) in [7, 11) is 0. The molecule has 0 fully saturated rings. The number of rotatable bonds is 5. The molecule has 0 unspecified atom stereocenters. The van der Waals surface area contributed by atoms with Crippen molar-refractivity contribution in [3.8, 4) is 0 Å². The SMILES string of the molecule is C=C(C)CN(CC)c1ccc(F)cc1[C@@H](C)O. The molecule has 0 saturated carbocycles. The van der Waals surface area contributed by atoms with Gasteiger partial charge in [0.05, 0.1) is 6.10 Å². The minimum Gasteiger partial charge on any atom is -0.389 e. The lowest BCUT2D eigenvalue weighted by Crippen LogP contribution is -2.26. The summed E-state index contributed by atoms with van der Waals surface area (Å²) in [5, 5.41) is 9.69. The van der Waals surface area contributed by atoms with E-state index in [2.05, 4.69) is 11.5 Å². The van der Waals surface area contributed by atoms with E-state index >= 15 is 0 Å². The molecule has 1 atom stereocenters. The quantitative estimate of drug-likeness (QED) is 0.794. The summed E-state index contributed by atoms with van der Waals surface area (Å²) in [5.74, 6) is -0.323. The Bertz CT molecular complexity index is 401.